The van der Waals surface area contributed by atoms with Crippen molar-refractivity contribution in [1.29, 1.82) is 0 Å². The molecule has 1 aromatic rings. The molecule has 0 fully saturated rings. The number of rotatable bonds is 0. The maximum Gasteiger partial charge on any atom is 0.187 e. The van der Waals surface area contributed by atoms with Crippen LogP contribution < -0.4 is 0 Å². The Morgan fingerprint density at radius 3 is 2.20 bits per heavy atom. The molecule has 0 atom stereocenters. The fourth-order valence-corrected chi connectivity index (χ4v) is 0.736. The van der Waals surface area contributed by atoms with Gasteiger partial charge < -0.3 is 5.11 Å². The zero-order chi connectivity index (χ0) is 6.85. The van der Waals surface area contributed by atoms with Gasteiger partial charge in [-0.15, -0.1) is 0 Å². The average Bonchev–Trinajstić information content (AvgIpc) is 1.83. The molecule has 1 nitrogen and oxygen atoms in total. The number of hydrogen-bond donors (Lipinski definition) is 1. The van der Waals surface area contributed by atoms with Crippen molar-refractivity contribution in [3.05, 3.63) is 29.3 Å². The molecule has 1 aromatic carbocycles. The fraction of sp³-hybridized carbons (Fsp3) is 0.250. The molecule has 10 heavy (non-hydrogen) atoms. The van der Waals surface area contributed by atoms with Crippen LogP contribution in [0.2, 0.25) is 0 Å². The molecule has 0 unspecified atom stereocenters. The molecule has 0 heterocycles. The van der Waals surface area contributed by atoms with Crippen LogP contribution in [0.4, 0.5) is 0 Å². The zero-order valence-corrected chi connectivity index (χ0v) is 5.68. The Morgan fingerprint density at radius 1 is 1.20 bits per heavy atom. The van der Waals surface area contributed by atoms with Gasteiger partial charge >= 0.3 is 0 Å². The lowest BCUT2D eigenvalue weighted by Crippen LogP contribution is -1.78. The average molecular weight is 152 g/mol. The Bertz CT molecular complexity index is 200. The summed E-state index contributed by atoms with van der Waals surface area (Å²) in [7, 11) is 0. The fourth-order valence-electron chi connectivity index (χ4n) is 0.736. The van der Waals surface area contributed by atoms with Crippen LogP contribution in [0.3, 0.4) is 0 Å². The molecule has 0 amide bonds. The number of aryl methyl sites for hydroxylation is 1. The lowest BCUT2D eigenvalue weighted by atomic mass is 10.1. The highest BCUT2D eigenvalue weighted by molar-refractivity contribution is 5.75. The summed E-state index contributed by atoms with van der Waals surface area (Å²) in [4.78, 5) is 0. The molecular weight excluding hydrogens is 139 g/mol. The molecule has 0 bridgehead atoms. The molecule has 0 aliphatic carbocycles. The van der Waals surface area contributed by atoms with Crippen LogP contribution in [0.1, 0.15) is 11.1 Å². The zero-order valence-electron chi connectivity index (χ0n) is 5.68. The summed E-state index contributed by atoms with van der Waals surface area (Å²) < 4.78 is 0. The standard InChI is InChI=1S/C8H10O.Al.3H/c1-6-4-3-5-8(9)7(6)2;;;;/h3-5,9H,1-2H3;;;;. The number of hydrogen-bond acceptors (Lipinski definition) is 1. The van der Waals surface area contributed by atoms with Crippen molar-refractivity contribution in [2.75, 3.05) is 0 Å². The summed E-state index contributed by atoms with van der Waals surface area (Å²) in [6.45, 7) is 3.89. The second kappa shape index (κ2) is 3.66. The molecule has 0 aliphatic heterocycles. The van der Waals surface area contributed by atoms with Crippen LogP contribution in [0.25, 0.3) is 0 Å². The van der Waals surface area contributed by atoms with Gasteiger partial charge in [-0.05, 0) is 31.0 Å². The molecule has 0 saturated carbocycles. The van der Waals surface area contributed by atoms with E-state index in [4.69, 9.17) is 5.11 Å². The molecule has 0 saturated heterocycles. The van der Waals surface area contributed by atoms with Gasteiger partial charge in [-0.25, -0.2) is 0 Å². The molecule has 54 valence electrons. The lowest BCUT2D eigenvalue weighted by molar-refractivity contribution is 0.470. The van der Waals surface area contributed by atoms with Gasteiger partial charge in [0.25, 0.3) is 0 Å². The van der Waals surface area contributed by atoms with E-state index in [-0.39, 0.29) is 17.4 Å². The molecule has 1 rings (SSSR count). The number of benzene rings is 1. The Hall–Kier alpha value is -0.448. The minimum atomic E-state index is 0. The molecule has 0 radical (unpaired) electrons. The van der Waals surface area contributed by atoms with Crippen LogP contribution >= 0.6 is 0 Å². The summed E-state index contributed by atoms with van der Waals surface area (Å²) in [5, 5.41) is 9.10. The van der Waals surface area contributed by atoms with Crippen molar-refractivity contribution in [2.24, 2.45) is 0 Å². The van der Waals surface area contributed by atoms with Crippen molar-refractivity contribution in [2.45, 2.75) is 13.8 Å². The Labute approximate surface area is 71.8 Å². The summed E-state index contributed by atoms with van der Waals surface area (Å²) in [5.41, 5.74) is 2.10. The monoisotopic (exact) mass is 152 g/mol. The van der Waals surface area contributed by atoms with E-state index in [0.717, 1.165) is 11.1 Å². The summed E-state index contributed by atoms with van der Waals surface area (Å²) in [6, 6.07) is 5.52. The van der Waals surface area contributed by atoms with Crippen molar-refractivity contribution in [3.63, 3.8) is 0 Å². The Morgan fingerprint density at radius 2 is 1.80 bits per heavy atom. The van der Waals surface area contributed by atoms with E-state index in [1.54, 1.807) is 6.07 Å². The third-order valence-electron chi connectivity index (χ3n) is 1.58. The van der Waals surface area contributed by atoms with Crippen molar-refractivity contribution >= 4 is 17.4 Å². The van der Waals surface area contributed by atoms with Crippen LogP contribution in [0.15, 0.2) is 18.2 Å². The van der Waals surface area contributed by atoms with E-state index in [1.807, 2.05) is 26.0 Å². The highest BCUT2D eigenvalue weighted by Crippen LogP contribution is 2.17. The van der Waals surface area contributed by atoms with Crippen molar-refractivity contribution in [1.82, 2.24) is 0 Å². The van der Waals surface area contributed by atoms with E-state index >= 15 is 0 Å². The molecule has 0 spiro atoms. The van der Waals surface area contributed by atoms with Crippen LogP contribution in [0, 0.1) is 13.8 Å². The summed E-state index contributed by atoms with van der Waals surface area (Å²) in [5.74, 6) is 0.384. The van der Waals surface area contributed by atoms with E-state index < -0.39 is 0 Å². The largest absolute Gasteiger partial charge is 0.508 e. The van der Waals surface area contributed by atoms with E-state index in [2.05, 4.69) is 0 Å². The second-order valence-electron chi connectivity index (χ2n) is 2.22. The smallest absolute Gasteiger partial charge is 0.187 e. The van der Waals surface area contributed by atoms with Crippen LogP contribution in [0.5, 0.6) is 5.75 Å². The third-order valence-corrected chi connectivity index (χ3v) is 1.58. The van der Waals surface area contributed by atoms with E-state index in [9.17, 15) is 0 Å². The maximum absolute atomic E-state index is 9.10. The SMILES string of the molecule is Cc1cccc(O)c1C.[AlH3]. The van der Waals surface area contributed by atoms with Gasteiger partial charge in [0.1, 0.15) is 5.75 Å². The summed E-state index contributed by atoms with van der Waals surface area (Å²) >= 11 is 0. The molecule has 0 aromatic heterocycles. The van der Waals surface area contributed by atoms with Gasteiger partial charge in [0.05, 0.1) is 0 Å². The normalized spacial score (nSPS) is 8.60. The van der Waals surface area contributed by atoms with Gasteiger partial charge in [0.2, 0.25) is 0 Å². The number of aromatic hydroxyl groups is 1. The van der Waals surface area contributed by atoms with Crippen molar-refractivity contribution in [3.8, 4) is 5.75 Å². The minimum absolute atomic E-state index is 0. The lowest BCUT2D eigenvalue weighted by Gasteiger charge is -1.99. The first-order valence-corrected chi connectivity index (χ1v) is 2.97. The topological polar surface area (TPSA) is 20.2 Å². The van der Waals surface area contributed by atoms with E-state index in [0.29, 0.717) is 5.75 Å². The maximum atomic E-state index is 9.10. The number of phenols is 1. The predicted molar refractivity (Wildman–Crippen MR) is 47.5 cm³/mol. The minimum Gasteiger partial charge on any atom is -0.508 e. The van der Waals surface area contributed by atoms with Gasteiger partial charge in [-0.2, -0.15) is 0 Å². The van der Waals surface area contributed by atoms with Crippen molar-refractivity contribution < 1.29 is 5.11 Å². The van der Waals surface area contributed by atoms with Gasteiger partial charge in [0, 0.05) is 0 Å². The highest BCUT2D eigenvalue weighted by atomic mass is 27.0. The Kier molecular flexibility index (Phi) is 3.49. The first-order valence-electron chi connectivity index (χ1n) is 2.97. The Balaban J connectivity index is 0.000000810. The second-order valence-corrected chi connectivity index (χ2v) is 2.22. The van der Waals surface area contributed by atoms with Crippen LogP contribution in [-0.2, 0) is 0 Å². The predicted octanol–water partition coefficient (Wildman–Crippen LogP) is 0.825. The third kappa shape index (κ3) is 1.77. The molecule has 2 heteroatoms. The first kappa shape index (κ1) is 9.55. The molecule has 1 N–H and O–H groups in total. The van der Waals surface area contributed by atoms with Crippen LogP contribution in [-0.4, -0.2) is 22.5 Å². The molecule has 0 aliphatic rings. The first-order chi connectivity index (χ1) is 4.22. The summed E-state index contributed by atoms with van der Waals surface area (Å²) in [6.07, 6.45) is 0. The van der Waals surface area contributed by atoms with Gasteiger partial charge in [-0.3, -0.25) is 0 Å². The number of phenolic OH excluding ortho intramolecular Hbond substituents is 1. The van der Waals surface area contributed by atoms with E-state index in [1.165, 1.54) is 0 Å². The van der Waals surface area contributed by atoms with Gasteiger partial charge in [-0.1, -0.05) is 12.1 Å². The van der Waals surface area contributed by atoms with Gasteiger partial charge in [0.15, 0.2) is 17.4 Å². The highest BCUT2D eigenvalue weighted by Gasteiger charge is 1.94. The molecular formula is C8H13AlO. The quantitative estimate of drug-likeness (QED) is 0.546.